The van der Waals surface area contributed by atoms with Crippen LogP contribution >= 0.6 is 0 Å². The highest BCUT2D eigenvalue weighted by molar-refractivity contribution is 6.32. The smallest absolute Gasteiger partial charge is 0.223 e. The van der Waals surface area contributed by atoms with Crippen molar-refractivity contribution < 1.29 is 0 Å². The Hall–Kier alpha value is -0.980. The van der Waals surface area contributed by atoms with Gasteiger partial charge in [0.1, 0.15) is 23.5 Å². The molecule has 2 rings (SSSR count). The minimum absolute atomic E-state index is 0.577. The summed E-state index contributed by atoms with van der Waals surface area (Å²) < 4.78 is 2.31. The SMILES string of the molecule is B/C=C1\c2c(C)n(B)/c(=C/B)c2=C(C)C1B. The van der Waals surface area contributed by atoms with E-state index in [1.54, 1.807) is 0 Å². The molecule has 0 bridgehead atoms. The van der Waals surface area contributed by atoms with E-state index in [9.17, 15) is 0 Å². The van der Waals surface area contributed by atoms with Crippen LogP contribution in [0.5, 0.6) is 0 Å². The van der Waals surface area contributed by atoms with Crippen molar-refractivity contribution in [3.63, 3.8) is 0 Å². The van der Waals surface area contributed by atoms with Crippen LogP contribution in [0.3, 0.4) is 0 Å². The Labute approximate surface area is 101 Å². The molecular weight excluding hydrogens is 189 g/mol. The van der Waals surface area contributed by atoms with Gasteiger partial charge in [-0.15, -0.1) is 12.0 Å². The third-order valence-corrected chi connectivity index (χ3v) is 4.12. The first-order valence-corrected chi connectivity index (χ1v) is 6.03. The van der Waals surface area contributed by atoms with Crippen molar-refractivity contribution in [3.05, 3.63) is 27.8 Å². The van der Waals surface area contributed by atoms with E-state index in [-0.39, 0.29) is 0 Å². The van der Waals surface area contributed by atoms with Crippen LogP contribution in [0.1, 0.15) is 18.2 Å². The molecule has 0 aliphatic heterocycles. The Kier molecular flexibility index (Phi) is 2.73. The molecule has 0 radical (unpaired) electrons. The van der Waals surface area contributed by atoms with Crippen LogP contribution in [0, 0.1) is 6.92 Å². The second-order valence-corrected chi connectivity index (χ2v) is 4.72. The first kappa shape index (κ1) is 11.5. The van der Waals surface area contributed by atoms with Gasteiger partial charge in [0.05, 0.1) is 0 Å². The molecule has 0 spiro atoms. The molecule has 78 valence electrons. The van der Waals surface area contributed by atoms with Crippen molar-refractivity contribution in [2.24, 2.45) is 0 Å². The minimum atomic E-state index is 0.577. The zero-order valence-electron chi connectivity index (χ0n) is 11.2. The van der Waals surface area contributed by atoms with Gasteiger partial charge in [-0.2, -0.15) is 0 Å². The fraction of sp³-hybridized carbons (Fsp3) is 0.273. The van der Waals surface area contributed by atoms with Crippen LogP contribution in [0.15, 0.2) is 5.98 Å². The van der Waals surface area contributed by atoms with E-state index in [1.165, 1.54) is 33.0 Å². The first-order valence-electron chi connectivity index (χ1n) is 6.03. The Balaban J connectivity index is 3.03. The quantitative estimate of drug-likeness (QED) is 0.403. The molecule has 0 saturated carbocycles. The van der Waals surface area contributed by atoms with Crippen LogP contribution in [0.25, 0.3) is 17.1 Å². The molecule has 1 aromatic heterocycles. The summed E-state index contributed by atoms with van der Waals surface area (Å²) in [4.78, 5) is 0. The Morgan fingerprint density at radius 1 is 1.19 bits per heavy atom. The van der Waals surface area contributed by atoms with E-state index in [4.69, 9.17) is 0 Å². The van der Waals surface area contributed by atoms with E-state index >= 15 is 0 Å². The highest BCUT2D eigenvalue weighted by Gasteiger charge is 2.25. The summed E-state index contributed by atoms with van der Waals surface area (Å²) in [6.45, 7) is 4.49. The number of hydrogen-bond donors (Lipinski definition) is 0. The number of allylic oxidation sites excluding steroid dienone is 1. The van der Waals surface area contributed by atoms with E-state index in [0.29, 0.717) is 5.82 Å². The lowest BCUT2D eigenvalue weighted by Gasteiger charge is -2.11. The lowest BCUT2D eigenvalue weighted by atomic mass is 9.76. The van der Waals surface area contributed by atoms with E-state index in [0.717, 1.165) is 0 Å². The molecule has 1 aromatic rings. The molecule has 1 heterocycles. The van der Waals surface area contributed by atoms with Crippen LogP contribution in [0.4, 0.5) is 0 Å². The van der Waals surface area contributed by atoms with Crippen molar-refractivity contribution in [3.8, 4) is 0 Å². The van der Waals surface area contributed by atoms with Gasteiger partial charge >= 0.3 is 0 Å². The molecule has 1 aliphatic rings. The van der Waals surface area contributed by atoms with Gasteiger partial charge in [-0.05, 0) is 19.7 Å². The third kappa shape index (κ3) is 1.24. The van der Waals surface area contributed by atoms with Crippen LogP contribution < -0.4 is 10.6 Å². The monoisotopic (exact) mass is 207 g/mol. The van der Waals surface area contributed by atoms with Gasteiger partial charge in [-0.25, -0.2) is 0 Å². The van der Waals surface area contributed by atoms with Crippen molar-refractivity contribution in [1.82, 2.24) is 4.48 Å². The molecule has 1 nitrogen and oxygen atoms in total. The standard InChI is InChI=1S/C11H17B4N/c1-5-9-8(4-13)16(15)6(2)10(9)7(3-12)11(5)14/h3-4,11H,12-15H2,1-2H3/b7-3+,8-4+. The fourth-order valence-electron chi connectivity index (χ4n) is 2.98. The molecule has 1 unspecified atom stereocenters. The molecule has 16 heavy (non-hydrogen) atoms. The average Bonchev–Trinajstić information content (AvgIpc) is 2.66. The third-order valence-electron chi connectivity index (χ3n) is 4.12. The highest BCUT2D eigenvalue weighted by Crippen LogP contribution is 2.36. The number of fused-ring (bicyclic) bond motifs is 1. The maximum absolute atomic E-state index is 2.31. The first-order chi connectivity index (χ1) is 7.54. The van der Waals surface area contributed by atoms with Gasteiger partial charge < -0.3 is 4.48 Å². The van der Waals surface area contributed by atoms with E-state index in [2.05, 4.69) is 61.8 Å². The van der Waals surface area contributed by atoms with Crippen LogP contribution in [0.2, 0.25) is 5.82 Å². The predicted octanol–water partition coefficient (Wildman–Crippen LogP) is -2.86. The zero-order chi connectivity index (χ0) is 12.0. The van der Waals surface area contributed by atoms with Crippen molar-refractivity contribution >= 4 is 48.6 Å². The average molecular weight is 207 g/mol. The highest BCUT2D eigenvalue weighted by atomic mass is 14.9. The molecule has 1 atom stereocenters. The summed E-state index contributed by atoms with van der Waals surface area (Å²) in [5.41, 5.74) is 5.87. The lowest BCUT2D eigenvalue weighted by molar-refractivity contribution is 1.10. The predicted molar refractivity (Wildman–Crippen MR) is 83.3 cm³/mol. The molecule has 0 N–H and O–H groups in total. The number of aromatic nitrogens is 1. The van der Waals surface area contributed by atoms with Gasteiger partial charge in [0, 0.05) is 21.8 Å². The maximum atomic E-state index is 2.31. The van der Waals surface area contributed by atoms with E-state index in [1.807, 2.05) is 0 Å². The van der Waals surface area contributed by atoms with Gasteiger partial charge in [-0.1, -0.05) is 11.1 Å². The van der Waals surface area contributed by atoms with Crippen molar-refractivity contribution in [2.45, 2.75) is 19.7 Å². The van der Waals surface area contributed by atoms with Crippen LogP contribution in [-0.4, -0.2) is 36.0 Å². The second kappa shape index (κ2) is 3.80. The molecule has 1 aliphatic carbocycles. The van der Waals surface area contributed by atoms with Gasteiger partial charge in [0.2, 0.25) is 7.98 Å². The van der Waals surface area contributed by atoms with Gasteiger partial charge in [0.25, 0.3) is 0 Å². The minimum Gasteiger partial charge on any atom is -0.397 e. The second-order valence-electron chi connectivity index (χ2n) is 4.72. The molecule has 0 aromatic carbocycles. The summed E-state index contributed by atoms with van der Waals surface area (Å²) in [6, 6.07) is 0. The zero-order valence-corrected chi connectivity index (χ0v) is 11.2. The summed E-state index contributed by atoms with van der Waals surface area (Å²) >= 11 is 0. The molecule has 0 fully saturated rings. The normalized spacial score (nSPS) is 23.1. The summed E-state index contributed by atoms with van der Waals surface area (Å²) in [7, 11) is 8.74. The fourth-order valence-corrected chi connectivity index (χ4v) is 2.98. The largest absolute Gasteiger partial charge is 0.397 e. The summed E-state index contributed by atoms with van der Waals surface area (Å²) in [5.74, 6) is 5.07. The van der Waals surface area contributed by atoms with Gasteiger partial charge in [-0.3, -0.25) is 0 Å². The molecule has 0 saturated heterocycles. The van der Waals surface area contributed by atoms with E-state index < -0.39 is 0 Å². The Morgan fingerprint density at radius 2 is 1.81 bits per heavy atom. The number of rotatable bonds is 0. The maximum Gasteiger partial charge on any atom is 0.223 e. The summed E-state index contributed by atoms with van der Waals surface area (Å²) in [5, 5.41) is 2.84. The molecule has 0 amide bonds. The van der Waals surface area contributed by atoms with Crippen molar-refractivity contribution in [1.29, 1.82) is 0 Å². The number of nitrogens with zero attached hydrogens (tertiary/aromatic N) is 1. The van der Waals surface area contributed by atoms with Crippen molar-refractivity contribution in [2.75, 3.05) is 0 Å². The Morgan fingerprint density at radius 3 is 2.31 bits per heavy atom. The van der Waals surface area contributed by atoms with Crippen LogP contribution in [-0.2, 0) is 0 Å². The molecular formula is C11H17B4N. The lowest BCUT2D eigenvalue weighted by Crippen LogP contribution is -2.30. The van der Waals surface area contributed by atoms with Gasteiger partial charge in [0.15, 0.2) is 0 Å². The molecule has 5 heteroatoms. The topological polar surface area (TPSA) is 4.93 Å². The number of hydrogen-bond acceptors (Lipinski definition) is 0. The summed E-state index contributed by atoms with van der Waals surface area (Å²) in [6.07, 6.45) is 0. The Bertz CT molecular complexity index is 594.